The zero-order chi connectivity index (χ0) is 24.8. The van der Waals surface area contributed by atoms with E-state index in [1.54, 1.807) is 32.3 Å². The van der Waals surface area contributed by atoms with Crippen LogP contribution in [0.1, 0.15) is 39.3 Å². The zero-order valence-corrected chi connectivity index (χ0v) is 20.1. The number of rotatable bonds is 9. The SMILES string of the molecule is CCOc1ccccc1O[C@@H]1CCCN(c2cncc(Nc3nccc(C(C)(C)C(=O)O)n3)n2)C1. The van der Waals surface area contributed by atoms with Gasteiger partial charge in [-0.3, -0.25) is 9.78 Å². The number of carboxylic acids is 1. The Morgan fingerprint density at radius 2 is 2.00 bits per heavy atom. The van der Waals surface area contributed by atoms with E-state index in [0.717, 1.165) is 30.9 Å². The van der Waals surface area contributed by atoms with E-state index in [-0.39, 0.29) is 12.1 Å². The molecule has 35 heavy (non-hydrogen) atoms. The minimum atomic E-state index is -1.14. The third kappa shape index (κ3) is 5.76. The van der Waals surface area contributed by atoms with E-state index >= 15 is 0 Å². The molecular weight excluding hydrogens is 448 g/mol. The van der Waals surface area contributed by atoms with Gasteiger partial charge in [-0.2, -0.15) is 0 Å². The quantitative estimate of drug-likeness (QED) is 0.469. The Kier molecular flexibility index (Phi) is 7.28. The van der Waals surface area contributed by atoms with Crippen LogP contribution in [0.4, 0.5) is 17.6 Å². The molecule has 1 saturated heterocycles. The van der Waals surface area contributed by atoms with E-state index in [1.165, 1.54) is 6.20 Å². The number of para-hydroxylation sites is 2. The molecule has 0 aliphatic carbocycles. The molecule has 10 nitrogen and oxygen atoms in total. The Bertz CT molecular complexity index is 1170. The van der Waals surface area contributed by atoms with Crippen molar-refractivity contribution < 1.29 is 19.4 Å². The molecule has 1 atom stereocenters. The first-order valence-corrected chi connectivity index (χ1v) is 11.7. The number of carbonyl (C=O) groups is 1. The van der Waals surface area contributed by atoms with Gasteiger partial charge in [0.15, 0.2) is 17.3 Å². The highest BCUT2D eigenvalue weighted by Crippen LogP contribution is 2.30. The number of ether oxygens (including phenoxy) is 2. The van der Waals surface area contributed by atoms with E-state index in [2.05, 4.69) is 30.2 Å². The van der Waals surface area contributed by atoms with E-state index in [4.69, 9.17) is 9.47 Å². The second-order valence-corrected chi connectivity index (χ2v) is 8.79. The van der Waals surface area contributed by atoms with Crippen LogP contribution in [0.15, 0.2) is 48.9 Å². The molecule has 2 N–H and O–H groups in total. The van der Waals surface area contributed by atoms with Crippen LogP contribution in [0, 0.1) is 0 Å². The fraction of sp³-hybridized carbons (Fsp3) is 0.400. The third-order valence-corrected chi connectivity index (χ3v) is 5.84. The Hall–Kier alpha value is -3.95. The van der Waals surface area contributed by atoms with E-state index in [1.807, 2.05) is 31.2 Å². The number of piperidine rings is 1. The summed E-state index contributed by atoms with van der Waals surface area (Å²) in [6.07, 6.45) is 6.70. The third-order valence-electron chi connectivity index (χ3n) is 5.84. The summed E-state index contributed by atoms with van der Waals surface area (Å²) < 4.78 is 12.0. The Labute approximate surface area is 204 Å². The standard InChI is InChI=1S/C25H30N6O4/c1-4-34-18-9-5-6-10-19(18)35-17-8-7-13-31(16-17)22-15-26-14-21(29-22)30-24-27-12-11-20(28-24)25(2,3)23(32)33/h5-6,9-12,14-15,17H,4,7-8,13,16H2,1-3H3,(H,32,33)(H,27,28,29,30)/t17-/m1/s1. The molecule has 1 aliphatic heterocycles. The molecule has 0 amide bonds. The largest absolute Gasteiger partial charge is 0.490 e. The topological polar surface area (TPSA) is 123 Å². The Balaban J connectivity index is 1.46. The zero-order valence-electron chi connectivity index (χ0n) is 20.1. The van der Waals surface area contributed by atoms with Crippen molar-refractivity contribution in [1.82, 2.24) is 19.9 Å². The molecule has 0 radical (unpaired) electrons. The molecule has 184 valence electrons. The highest BCUT2D eigenvalue weighted by atomic mass is 16.5. The lowest BCUT2D eigenvalue weighted by Crippen LogP contribution is -2.41. The normalized spacial score (nSPS) is 16.0. The maximum absolute atomic E-state index is 11.6. The lowest BCUT2D eigenvalue weighted by Gasteiger charge is -2.33. The fourth-order valence-electron chi connectivity index (χ4n) is 3.80. The van der Waals surface area contributed by atoms with Crippen molar-refractivity contribution in [3.63, 3.8) is 0 Å². The van der Waals surface area contributed by atoms with Crippen LogP contribution in [0.3, 0.4) is 0 Å². The van der Waals surface area contributed by atoms with Crippen LogP contribution in [0.25, 0.3) is 0 Å². The molecule has 0 saturated carbocycles. The lowest BCUT2D eigenvalue weighted by molar-refractivity contribution is -0.142. The van der Waals surface area contributed by atoms with Crippen molar-refractivity contribution in [3.05, 3.63) is 54.6 Å². The van der Waals surface area contributed by atoms with E-state index in [9.17, 15) is 9.90 Å². The van der Waals surface area contributed by atoms with Crippen molar-refractivity contribution >= 4 is 23.6 Å². The van der Waals surface area contributed by atoms with Gasteiger partial charge in [0.1, 0.15) is 17.3 Å². The highest BCUT2D eigenvalue weighted by Gasteiger charge is 2.31. The van der Waals surface area contributed by atoms with Crippen LogP contribution < -0.4 is 19.7 Å². The van der Waals surface area contributed by atoms with Gasteiger partial charge < -0.3 is 24.8 Å². The van der Waals surface area contributed by atoms with Crippen LogP contribution in [0.5, 0.6) is 11.5 Å². The summed E-state index contributed by atoms with van der Waals surface area (Å²) in [7, 11) is 0. The summed E-state index contributed by atoms with van der Waals surface area (Å²) in [5, 5.41) is 12.5. The predicted molar refractivity (Wildman–Crippen MR) is 131 cm³/mol. The van der Waals surface area contributed by atoms with Gasteiger partial charge in [-0.1, -0.05) is 12.1 Å². The van der Waals surface area contributed by atoms with Crippen molar-refractivity contribution in [1.29, 1.82) is 0 Å². The second-order valence-electron chi connectivity index (χ2n) is 8.79. The maximum Gasteiger partial charge on any atom is 0.315 e. The van der Waals surface area contributed by atoms with Crippen molar-refractivity contribution in [2.24, 2.45) is 0 Å². The number of aromatic nitrogens is 4. The van der Waals surface area contributed by atoms with E-state index < -0.39 is 11.4 Å². The molecule has 1 aromatic carbocycles. The van der Waals surface area contributed by atoms with E-state index in [0.29, 0.717) is 30.5 Å². The van der Waals surface area contributed by atoms with Gasteiger partial charge >= 0.3 is 5.97 Å². The molecular formula is C25H30N6O4. The van der Waals surface area contributed by atoms with Gasteiger partial charge in [-0.05, 0) is 51.8 Å². The fourth-order valence-corrected chi connectivity index (χ4v) is 3.80. The van der Waals surface area contributed by atoms with Gasteiger partial charge in [-0.15, -0.1) is 0 Å². The molecule has 0 spiro atoms. The summed E-state index contributed by atoms with van der Waals surface area (Å²) >= 11 is 0. The number of nitrogens with zero attached hydrogens (tertiary/aromatic N) is 5. The summed E-state index contributed by atoms with van der Waals surface area (Å²) in [4.78, 5) is 31.3. The van der Waals surface area contributed by atoms with Crippen LogP contribution in [-0.2, 0) is 10.2 Å². The summed E-state index contributed by atoms with van der Waals surface area (Å²) in [5.41, 5.74) is -0.744. The number of hydrogen-bond donors (Lipinski definition) is 2. The predicted octanol–water partition coefficient (Wildman–Crippen LogP) is 3.82. The highest BCUT2D eigenvalue weighted by molar-refractivity contribution is 5.79. The summed E-state index contributed by atoms with van der Waals surface area (Å²) in [6, 6.07) is 9.30. The minimum Gasteiger partial charge on any atom is -0.490 e. The molecule has 4 rings (SSSR count). The minimum absolute atomic E-state index is 0.0120. The van der Waals surface area contributed by atoms with Crippen LogP contribution in [-0.4, -0.2) is 56.8 Å². The first-order valence-electron chi connectivity index (χ1n) is 11.7. The van der Waals surface area contributed by atoms with Gasteiger partial charge in [0.05, 0.1) is 31.2 Å². The van der Waals surface area contributed by atoms with Gasteiger partial charge in [0.25, 0.3) is 0 Å². The first-order chi connectivity index (χ1) is 16.9. The molecule has 1 fully saturated rings. The van der Waals surface area contributed by atoms with Crippen LogP contribution >= 0.6 is 0 Å². The average molecular weight is 479 g/mol. The molecule has 10 heteroatoms. The monoisotopic (exact) mass is 478 g/mol. The molecule has 0 unspecified atom stereocenters. The Morgan fingerprint density at radius 3 is 2.77 bits per heavy atom. The number of carboxylic acid groups (broad SMARTS) is 1. The van der Waals surface area contributed by atoms with Gasteiger partial charge in [0, 0.05) is 12.7 Å². The molecule has 0 bridgehead atoms. The maximum atomic E-state index is 11.6. The van der Waals surface area contributed by atoms with Gasteiger partial charge in [-0.25, -0.2) is 15.0 Å². The number of anilines is 3. The number of nitrogens with one attached hydrogen (secondary N) is 1. The lowest BCUT2D eigenvalue weighted by atomic mass is 9.89. The molecule has 1 aliphatic rings. The Morgan fingerprint density at radius 1 is 1.20 bits per heavy atom. The van der Waals surface area contributed by atoms with Crippen molar-refractivity contribution in [2.75, 3.05) is 29.9 Å². The molecule has 3 heterocycles. The summed E-state index contributed by atoms with van der Waals surface area (Å²) in [6.45, 7) is 7.23. The van der Waals surface area contributed by atoms with Gasteiger partial charge in [0.2, 0.25) is 5.95 Å². The summed E-state index contributed by atoms with van der Waals surface area (Å²) in [5.74, 6) is 1.96. The number of hydrogen-bond acceptors (Lipinski definition) is 9. The second kappa shape index (κ2) is 10.5. The first kappa shape index (κ1) is 24.2. The molecule has 2 aromatic heterocycles. The van der Waals surface area contributed by atoms with Crippen LogP contribution in [0.2, 0.25) is 0 Å². The molecule has 3 aromatic rings. The average Bonchev–Trinajstić information content (AvgIpc) is 2.86. The smallest absolute Gasteiger partial charge is 0.315 e. The van der Waals surface area contributed by atoms with Crippen molar-refractivity contribution in [3.8, 4) is 11.5 Å². The number of aliphatic carboxylic acids is 1. The number of benzene rings is 1. The van der Waals surface area contributed by atoms with Crippen molar-refractivity contribution in [2.45, 2.75) is 45.1 Å².